The molecule has 0 radical (unpaired) electrons. The van der Waals surface area contributed by atoms with Gasteiger partial charge in [0.15, 0.2) is 0 Å². The highest BCUT2D eigenvalue weighted by atomic mass is 19.1. The minimum Gasteiger partial charge on any atom is -0.458 e. The lowest BCUT2D eigenvalue weighted by atomic mass is 9.64. The van der Waals surface area contributed by atoms with Gasteiger partial charge in [0, 0.05) is 11.8 Å². The predicted molar refractivity (Wildman–Crippen MR) is 133 cm³/mol. The van der Waals surface area contributed by atoms with Gasteiger partial charge < -0.3 is 14.9 Å². The van der Waals surface area contributed by atoms with Crippen LogP contribution in [-0.4, -0.2) is 28.4 Å². The molecule has 1 saturated heterocycles. The molecule has 2 N–H and O–H groups in total. The molecule has 35 heavy (non-hydrogen) atoms. The van der Waals surface area contributed by atoms with Crippen molar-refractivity contribution in [1.82, 2.24) is 0 Å². The molecule has 2 aromatic rings. The zero-order valence-electron chi connectivity index (χ0n) is 19.8. The molecule has 182 valence electrons. The fourth-order valence-electron chi connectivity index (χ4n) is 5.85. The number of carbonyl (C=O) groups is 1. The lowest BCUT2D eigenvalue weighted by Crippen LogP contribution is -2.31. The minimum atomic E-state index is -0.692. The molecule has 2 atom stereocenters. The molecule has 2 aromatic carbocycles. The van der Waals surface area contributed by atoms with E-state index < -0.39 is 12.2 Å². The summed E-state index contributed by atoms with van der Waals surface area (Å²) in [6.07, 6.45) is 10.9. The topological polar surface area (TPSA) is 66.8 Å². The number of halogens is 1. The van der Waals surface area contributed by atoms with Crippen molar-refractivity contribution in [2.24, 2.45) is 5.41 Å². The molecule has 2 aliphatic carbocycles. The van der Waals surface area contributed by atoms with Gasteiger partial charge in [-0.2, -0.15) is 0 Å². The van der Waals surface area contributed by atoms with Crippen LogP contribution < -0.4 is 0 Å². The van der Waals surface area contributed by atoms with Gasteiger partial charge in [-0.3, -0.25) is 4.79 Å². The standard InChI is InChI=1S/C30H31FO4/c31-23-10-8-21(9-11-23)26-18-28(22-6-4-20(19-32)5-7-22)30(14-2-1-3-15-30)27(26)13-12-25-16-24(33)17-29(34)35-25/h4-13,18,24-25,32-33H,1-3,14-17,19H2/t24-,25-/m1/s1. The molecule has 0 amide bonds. The van der Waals surface area contributed by atoms with Crippen molar-refractivity contribution in [3.8, 4) is 0 Å². The third-order valence-corrected chi connectivity index (χ3v) is 7.59. The number of esters is 1. The average Bonchev–Trinajstić information content (AvgIpc) is 3.16. The van der Waals surface area contributed by atoms with E-state index in [-0.39, 0.29) is 30.2 Å². The van der Waals surface area contributed by atoms with Crippen LogP contribution in [0.4, 0.5) is 4.39 Å². The summed E-state index contributed by atoms with van der Waals surface area (Å²) in [7, 11) is 0. The fraction of sp³-hybridized carbons (Fsp3) is 0.367. The largest absolute Gasteiger partial charge is 0.458 e. The van der Waals surface area contributed by atoms with Crippen LogP contribution in [0.2, 0.25) is 0 Å². The van der Waals surface area contributed by atoms with E-state index in [1.54, 1.807) is 0 Å². The Morgan fingerprint density at radius 2 is 1.69 bits per heavy atom. The average molecular weight is 475 g/mol. The fourth-order valence-corrected chi connectivity index (χ4v) is 5.85. The van der Waals surface area contributed by atoms with Gasteiger partial charge >= 0.3 is 5.97 Å². The van der Waals surface area contributed by atoms with Gasteiger partial charge in [0.1, 0.15) is 11.9 Å². The normalized spacial score (nSPS) is 24.2. The third kappa shape index (κ3) is 4.75. The first-order chi connectivity index (χ1) is 17.0. The molecule has 2 fully saturated rings. The molecule has 5 heteroatoms. The second kappa shape index (κ2) is 9.92. The minimum absolute atomic E-state index is 0.00347. The third-order valence-electron chi connectivity index (χ3n) is 7.59. The van der Waals surface area contributed by atoms with Crippen molar-refractivity contribution < 1.29 is 24.1 Å². The van der Waals surface area contributed by atoms with Crippen molar-refractivity contribution >= 4 is 17.1 Å². The highest BCUT2D eigenvalue weighted by Crippen LogP contribution is 2.58. The van der Waals surface area contributed by atoms with Crippen LogP contribution in [0, 0.1) is 11.2 Å². The Balaban J connectivity index is 1.61. The first-order valence-electron chi connectivity index (χ1n) is 12.5. The molecular formula is C30H31FO4. The first kappa shape index (κ1) is 23.7. The number of benzene rings is 2. The van der Waals surface area contributed by atoms with E-state index in [4.69, 9.17) is 4.74 Å². The summed E-state index contributed by atoms with van der Waals surface area (Å²) < 4.78 is 19.2. The lowest BCUT2D eigenvalue weighted by Gasteiger charge is -2.39. The van der Waals surface area contributed by atoms with E-state index in [2.05, 4.69) is 24.3 Å². The number of rotatable bonds is 5. The Kier molecular flexibility index (Phi) is 6.72. The van der Waals surface area contributed by atoms with Crippen LogP contribution in [0.1, 0.15) is 61.6 Å². The summed E-state index contributed by atoms with van der Waals surface area (Å²) in [4.78, 5) is 11.9. The first-order valence-corrected chi connectivity index (χ1v) is 12.5. The summed E-state index contributed by atoms with van der Waals surface area (Å²) in [5.41, 5.74) is 6.17. The maximum absolute atomic E-state index is 13.8. The van der Waals surface area contributed by atoms with E-state index in [1.807, 2.05) is 30.3 Å². The van der Waals surface area contributed by atoms with E-state index >= 15 is 0 Å². The smallest absolute Gasteiger partial charge is 0.309 e. The zero-order chi connectivity index (χ0) is 24.4. The maximum atomic E-state index is 13.8. The van der Waals surface area contributed by atoms with E-state index in [0.717, 1.165) is 53.5 Å². The van der Waals surface area contributed by atoms with Gasteiger partial charge in [0.25, 0.3) is 0 Å². The molecule has 1 saturated carbocycles. The number of cyclic esters (lactones) is 1. The summed E-state index contributed by atoms with van der Waals surface area (Å²) in [6, 6.07) is 14.7. The van der Waals surface area contributed by atoms with Crippen molar-refractivity contribution in [1.29, 1.82) is 0 Å². The van der Waals surface area contributed by atoms with Gasteiger partial charge in [0.2, 0.25) is 0 Å². The van der Waals surface area contributed by atoms with Gasteiger partial charge in [-0.1, -0.05) is 61.7 Å². The highest BCUT2D eigenvalue weighted by Gasteiger charge is 2.44. The maximum Gasteiger partial charge on any atom is 0.309 e. The van der Waals surface area contributed by atoms with Gasteiger partial charge in [-0.25, -0.2) is 4.39 Å². The van der Waals surface area contributed by atoms with Crippen LogP contribution in [0.3, 0.4) is 0 Å². The Labute approximate surface area is 205 Å². The molecule has 3 aliphatic rings. The van der Waals surface area contributed by atoms with Crippen LogP contribution in [0.25, 0.3) is 11.1 Å². The van der Waals surface area contributed by atoms with Crippen molar-refractivity contribution in [2.45, 2.75) is 63.8 Å². The van der Waals surface area contributed by atoms with Crippen LogP contribution in [-0.2, 0) is 16.1 Å². The Morgan fingerprint density at radius 1 is 1.00 bits per heavy atom. The van der Waals surface area contributed by atoms with Crippen molar-refractivity contribution in [3.05, 3.63) is 94.8 Å². The van der Waals surface area contributed by atoms with Gasteiger partial charge in [0.05, 0.1) is 19.1 Å². The molecule has 0 unspecified atom stereocenters. The number of allylic oxidation sites excluding steroid dienone is 5. The van der Waals surface area contributed by atoms with Gasteiger partial charge in [-0.15, -0.1) is 0 Å². The molecular weight excluding hydrogens is 443 g/mol. The zero-order valence-corrected chi connectivity index (χ0v) is 19.8. The SMILES string of the molecule is O=C1C[C@H](O)C[C@@H](C=CC2=C(c3ccc(F)cc3)C=C(c3ccc(CO)cc3)C23CCCCC3)O1. The molecule has 1 aliphatic heterocycles. The molecule has 1 spiro atoms. The quantitative estimate of drug-likeness (QED) is 0.542. The van der Waals surface area contributed by atoms with Crippen LogP contribution >= 0.6 is 0 Å². The number of hydrogen-bond donors (Lipinski definition) is 2. The Bertz CT molecular complexity index is 1170. The molecule has 0 bridgehead atoms. The van der Waals surface area contributed by atoms with Crippen molar-refractivity contribution in [3.63, 3.8) is 0 Å². The second-order valence-electron chi connectivity index (χ2n) is 9.87. The summed E-state index contributed by atoms with van der Waals surface area (Å²) in [5, 5.41) is 19.6. The second-order valence-corrected chi connectivity index (χ2v) is 9.87. The predicted octanol–water partition coefficient (Wildman–Crippen LogP) is 5.74. The number of ether oxygens (including phenoxy) is 1. The van der Waals surface area contributed by atoms with Crippen molar-refractivity contribution in [2.75, 3.05) is 0 Å². The number of hydrogen-bond acceptors (Lipinski definition) is 4. The van der Waals surface area contributed by atoms with E-state index in [1.165, 1.54) is 24.1 Å². The molecule has 5 rings (SSSR count). The number of aliphatic hydroxyl groups excluding tert-OH is 2. The summed E-state index contributed by atoms with van der Waals surface area (Å²) in [6.45, 7) is 0.00347. The Morgan fingerprint density at radius 3 is 2.34 bits per heavy atom. The molecule has 1 heterocycles. The van der Waals surface area contributed by atoms with Crippen LogP contribution in [0.5, 0.6) is 0 Å². The molecule has 0 aromatic heterocycles. The lowest BCUT2D eigenvalue weighted by molar-refractivity contribution is -0.156. The summed E-state index contributed by atoms with van der Waals surface area (Å²) in [5.74, 6) is -0.656. The van der Waals surface area contributed by atoms with Crippen LogP contribution in [0.15, 0.2) is 72.3 Å². The van der Waals surface area contributed by atoms with E-state index in [0.29, 0.717) is 6.42 Å². The Hall–Kier alpha value is -3.02. The molecule has 4 nitrogen and oxygen atoms in total. The van der Waals surface area contributed by atoms with Gasteiger partial charge in [-0.05, 0) is 70.5 Å². The monoisotopic (exact) mass is 474 g/mol. The highest BCUT2D eigenvalue weighted by molar-refractivity contribution is 5.96. The number of carbonyl (C=O) groups excluding carboxylic acids is 1. The number of aliphatic hydroxyl groups is 2. The summed E-state index contributed by atoms with van der Waals surface area (Å²) >= 11 is 0. The van der Waals surface area contributed by atoms with E-state index in [9.17, 15) is 19.4 Å².